The van der Waals surface area contributed by atoms with Gasteiger partial charge in [0.25, 0.3) is 0 Å². The predicted molar refractivity (Wildman–Crippen MR) is 77.2 cm³/mol. The average molecular weight is 270 g/mol. The molecule has 0 spiro atoms. The Kier molecular flexibility index (Phi) is 9.78. The van der Waals surface area contributed by atoms with Crippen LogP contribution in [0.3, 0.4) is 0 Å². The van der Waals surface area contributed by atoms with Gasteiger partial charge in [0.15, 0.2) is 0 Å². The molecule has 1 saturated carbocycles. The highest BCUT2D eigenvalue weighted by atomic mass is 16.5. The summed E-state index contributed by atoms with van der Waals surface area (Å²) >= 11 is 0. The molecule has 0 aromatic carbocycles. The fourth-order valence-electron chi connectivity index (χ4n) is 2.50. The van der Waals surface area contributed by atoms with Gasteiger partial charge in [-0.15, -0.1) is 0 Å². The lowest BCUT2D eigenvalue weighted by Gasteiger charge is -2.15. The van der Waals surface area contributed by atoms with E-state index in [1.54, 1.807) is 0 Å². The van der Waals surface area contributed by atoms with E-state index in [0.717, 1.165) is 51.7 Å². The molecule has 0 aliphatic heterocycles. The number of rotatable bonds is 9. The molecule has 0 aromatic heterocycles. The van der Waals surface area contributed by atoms with Gasteiger partial charge in [-0.25, -0.2) is 0 Å². The standard InChI is InChI=1S/C16H30O3/c1-2-13-18-14-9-5-8-12-16(17)19-15-10-6-3-4-7-11-15/h15H,2-14H2,1H3. The second-order valence-corrected chi connectivity index (χ2v) is 5.53. The van der Waals surface area contributed by atoms with Crippen LogP contribution >= 0.6 is 0 Å². The Morgan fingerprint density at radius 3 is 2.42 bits per heavy atom. The first-order valence-corrected chi connectivity index (χ1v) is 8.10. The van der Waals surface area contributed by atoms with Crippen molar-refractivity contribution in [3.8, 4) is 0 Å². The highest BCUT2D eigenvalue weighted by Crippen LogP contribution is 2.20. The molecule has 1 aliphatic rings. The maximum Gasteiger partial charge on any atom is 0.306 e. The van der Waals surface area contributed by atoms with Gasteiger partial charge in [-0.2, -0.15) is 0 Å². The van der Waals surface area contributed by atoms with Gasteiger partial charge in [0.1, 0.15) is 6.10 Å². The van der Waals surface area contributed by atoms with Crippen LogP contribution in [0.15, 0.2) is 0 Å². The lowest BCUT2D eigenvalue weighted by molar-refractivity contribution is -0.149. The fourth-order valence-corrected chi connectivity index (χ4v) is 2.50. The molecule has 0 amide bonds. The van der Waals surface area contributed by atoms with Gasteiger partial charge in [0.2, 0.25) is 0 Å². The van der Waals surface area contributed by atoms with E-state index in [9.17, 15) is 4.79 Å². The summed E-state index contributed by atoms with van der Waals surface area (Å²) in [5.41, 5.74) is 0. The van der Waals surface area contributed by atoms with Gasteiger partial charge < -0.3 is 9.47 Å². The van der Waals surface area contributed by atoms with Crippen molar-refractivity contribution in [2.45, 2.75) is 83.7 Å². The van der Waals surface area contributed by atoms with Crippen LogP contribution in [-0.4, -0.2) is 25.3 Å². The van der Waals surface area contributed by atoms with Crippen molar-refractivity contribution in [1.82, 2.24) is 0 Å². The summed E-state index contributed by atoms with van der Waals surface area (Å²) in [6.07, 6.45) is 12.0. The van der Waals surface area contributed by atoms with Crippen LogP contribution in [0.5, 0.6) is 0 Å². The van der Waals surface area contributed by atoms with Crippen LogP contribution < -0.4 is 0 Å². The molecule has 3 nitrogen and oxygen atoms in total. The summed E-state index contributed by atoms with van der Waals surface area (Å²) in [6, 6.07) is 0. The van der Waals surface area contributed by atoms with Crippen LogP contribution in [-0.2, 0) is 14.3 Å². The summed E-state index contributed by atoms with van der Waals surface area (Å²) in [7, 11) is 0. The first-order chi connectivity index (χ1) is 9.33. The number of hydrogen-bond donors (Lipinski definition) is 0. The van der Waals surface area contributed by atoms with Crippen LogP contribution in [0, 0.1) is 0 Å². The largest absolute Gasteiger partial charge is 0.462 e. The summed E-state index contributed by atoms with van der Waals surface area (Å²) in [4.78, 5) is 11.7. The highest BCUT2D eigenvalue weighted by Gasteiger charge is 2.16. The number of carbonyl (C=O) groups is 1. The molecule has 1 aliphatic carbocycles. The minimum Gasteiger partial charge on any atom is -0.462 e. The molecule has 1 fully saturated rings. The van der Waals surface area contributed by atoms with Crippen molar-refractivity contribution in [2.24, 2.45) is 0 Å². The molecule has 112 valence electrons. The molecular formula is C16H30O3. The van der Waals surface area contributed by atoms with E-state index in [1.165, 1.54) is 25.7 Å². The molecule has 0 aromatic rings. The van der Waals surface area contributed by atoms with Crippen LogP contribution in [0.25, 0.3) is 0 Å². The van der Waals surface area contributed by atoms with E-state index in [0.29, 0.717) is 6.42 Å². The quantitative estimate of drug-likeness (QED) is 0.357. The molecule has 0 bridgehead atoms. The predicted octanol–water partition coefficient (Wildman–Crippen LogP) is 4.24. The molecule has 0 N–H and O–H groups in total. The SMILES string of the molecule is CCCOCCCCCC(=O)OC1CCCCCC1. The van der Waals surface area contributed by atoms with Crippen molar-refractivity contribution in [3.63, 3.8) is 0 Å². The first kappa shape index (κ1) is 16.5. The first-order valence-electron chi connectivity index (χ1n) is 8.10. The Hall–Kier alpha value is -0.570. The van der Waals surface area contributed by atoms with E-state index >= 15 is 0 Å². The maximum absolute atomic E-state index is 11.7. The van der Waals surface area contributed by atoms with E-state index in [1.807, 2.05) is 0 Å². The average Bonchev–Trinajstić information content (AvgIpc) is 2.66. The fraction of sp³-hybridized carbons (Fsp3) is 0.938. The highest BCUT2D eigenvalue weighted by molar-refractivity contribution is 5.69. The molecular weight excluding hydrogens is 240 g/mol. The Bertz CT molecular complexity index is 220. The van der Waals surface area contributed by atoms with Crippen molar-refractivity contribution in [3.05, 3.63) is 0 Å². The lowest BCUT2D eigenvalue weighted by Crippen LogP contribution is -2.17. The molecule has 0 atom stereocenters. The number of hydrogen-bond acceptors (Lipinski definition) is 3. The van der Waals surface area contributed by atoms with Gasteiger partial charge in [0, 0.05) is 19.6 Å². The second kappa shape index (κ2) is 11.3. The number of esters is 1. The minimum atomic E-state index is 0.00127. The Balaban J connectivity index is 1.95. The van der Waals surface area contributed by atoms with Crippen molar-refractivity contribution < 1.29 is 14.3 Å². The molecule has 0 unspecified atom stereocenters. The molecule has 0 heterocycles. The zero-order valence-electron chi connectivity index (χ0n) is 12.5. The smallest absolute Gasteiger partial charge is 0.306 e. The maximum atomic E-state index is 11.7. The van der Waals surface area contributed by atoms with Gasteiger partial charge >= 0.3 is 5.97 Å². The molecule has 1 rings (SSSR count). The van der Waals surface area contributed by atoms with Gasteiger partial charge in [-0.3, -0.25) is 4.79 Å². The topological polar surface area (TPSA) is 35.5 Å². The normalized spacial score (nSPS) is 17.1. The van der Waals surface area contributed by atoms with Gasteiger partial charge in [-0.05, 0) is 44.9 Å². The monoisotopic (exact) mass is 270 g/mol. The molecule has 3 heteroatoms. The molecule has 0 radical (unpaired) electrons. The minimum absolute atomic E-state index is 0.00127. The zero-order valence-corrected chi connectivity index (χ0v) is 12.5. The number of unbranched alkanes of at least 4 members (excludes halogenated alkanes) is 2. The van der Waals surface area contributed by atoms with Crippen molar-refractivity contribution >= 4 is 5.97 Å². The second-order valence-electron chi connectivity index (χ2n) is 5.53. The third kappa shape index (κ3) is 9.04. The van der Waals surface area contributed by atoms with Gasteiger partial charge in [-0.1, -0.05) is 26.2 Å². The summed E-state index contributed by atoms with van der Waals surface area (Å²) < 4.78 is 11.0. The van der Waals surface area contributed by atoms with Crippen LogP contribution in [0.2, 0.25) is 0 Å². The Morgan fingerprint density at radius 2 is 1.74 bits per heavy atom. The van der Waals surface area contributed by atoms with E-state index < -0.39 is 0 Å². The van der Waals surface area contributed by atoms with Crippen molar-refractivity contribution in [2.75, 3.05) is 13.2 Å². The van der Waals surface area contributed by atoms with E-state index in [4.69, 9.17) is 9.47 Å². The van der Waals surface area contributed by atoms with Crippen molar-refractivity contribution in [1.29, 1.82) is 0 Å². The van der Waals surface area contributed by atoms with Gasteiger partial charge in [0.05, 0.1) is 0 Å². The Labute approximate surface area is 118 Å². The van der Waals surface area contributed by atoms with Crippen LogP contribution in [0.1, 0.15) is 77.6 Å². The number of ether oxygens (including phenoxy) is 2. The summed E-state index contributed by atoms with van der Waals surface area (Å²) in [6.45, 7) is 3.79. The lowest BCUT2D eigenvalue weighted by atomic mass is 10.1. The Morgan fingerprint density at radius 1 is 1.00 bits per heavy atom. The van der Waals surface area contributed by atoms with Crippen LogP contribution in [0.4, 0.5) is 0 Å². The zero-order chi connectivity index (χ0) is 13.8. The third-order valence-electron chi connectivity index (χ3n) is 3.62. The van der Waals surface area contributed by atoms with E-state index in [2.05, 4.69) is 6.92 Å². The third-order valence-corrected chi connectivity index (χ3v) is 3.62. The summed E-state index contributed by atoms with van der Waals surface area (Å²) in [5, 5.41) is 0. The molecule has 0 saturated heterocycles. The summed E-state index contributed by atoms with van der Waals surface area (Å²) in [5.74, 6) is 0.00127. The number of carbonyl (C=O) groups excluding carboxylic acids is 1. The van der Waals surface area contributed by atoms with E-state index in [-0.39, 0.29) is 12.1 Å². The molecule has 19 heavy (non-hydrogen) atoms.